The Morgan fingerprint density at radius 2 is 2.20 bits per heavy atom. The van der Waals surface area contributed by atoms with Crippen molar-refractivity contribution in [3.8, 4) is 0 Å². The molecule has 0 bridgehead atoms. The number of aromatic nitrogens is 2. The average Bonchev–Trinajstić information content (AvgIpc) is 2.94. The maximum atomic E-state index is 12.6. The summed E-state index contributed by atoms with van der Waals surface area (Å²) in [4.78, 5) is 14.7. The van der Waals surface area contributed by atoms with Crippen LogP contribution in [0.2, 0.25) is 0 Å². The Labute approximate surface area is 119 Å². The van der Waals surface area contributed by atoms with Crippen molar-refractivity contribution in [2.75, 3.05) is 26.3 Å². The first-order chi connectivity index (χ1) is 9.75. The van der Waals surface area contributed by atoms with Crippen LogP contribution in [0.1, 0.15) is 42.9 Å². The summed E-state index contributed by atoms with van der Waals surface area (Å²) < 4.78 is 5.35. The lowest BCUT2D eigenvalue weighted by molar-refractivity contribution is -0.139. The number of carbonyl (C=O) groups is 1. The van der Waals surface area contributed by atoms with Gasteiger partial charge in [0, 0.05) is 43.8 Å². The van der Waals surface area contributed by atoms with E-state index in [2.05, 4.69) is 22.0 Å². The van der Waals surface area contributed by atoms with Gasteiger partial charge >= 0.3 is 0 Å². The topological polar surface area (TPSA) is 58.2 Å². The number of aryl methyl sites for hydroxylation is 1. The van der Waals surface area contributed by atoms with Crippen molar-refractivity contribution in [1.82, 2.24) is 15.1 Å². The van der Waals surface area contributed by atoms with Crippen LogP contribution < -0.4 is 0 Å². The lowest BCUT2D eigenvalue weighted by Crippen LogP contribution is -2.43. The minimum atomic E-state index is 0.172. The summed E-state index contributed by atoms with van der Waals surface area (Å²) in [6, 6.07) is 0. The fourth-order valence-electron chi connectivity index (χ4n) is 3.39. The van der Waals surface area contributed by atoms with E-state index in [9.17, 15) is 4.79 Å². The van der Waals surface area contributed by atoms with Crippen molar-refractivity contribution in [3.63, 3.8) is 0 Å². The number of carbonyl (C=O) groups excluding carboxylic acids is 1. The molecule has 5 nitrogen and oxygen atoms in total. The quantitative estimate of drug-likeness (QED) is 0.897. The normalized spacial score (nSPS) is 24.9. The lowest BCUT2D eigenvalue weighted by atomic mass is 9.91. The second-order valence-corrected chi connectivity index (χ2v) is 5.98. The molecule has 0 spiro atoms. The fourth-order valence-corrected chi connectivity index (χ4v) is 3.39. The molecule has 1 atom stereocenters. The van der Waals surface area contributed by atoms with Gasteiger partial charge in [-0.25, -0.2) is 0 Å². The van der Waals surface area contributed by atoms with Gasteiger partial charge in [-0.05, 0) is 38.2 Å². The minimum Gasteiger partial charge on any atom is -0.381 e. The Bertz CT molecular complexity index is 465. The Morgan fingerprint density at radius 1 is 1.40 bits per heavy atom. The summed E-state index contributed by atoms with van der Waals surface area (Å²) in [5.41, 5.74) is 2.41. The fraction of sp³-hybridized carbons (Fsp3) is 0.733. The third-order valence-corrected chi connectivity index (χ3v) is 4.58. The van der Waals surface area contributed by atoms with Crippen LogP contribution in [0, 0.1) is 12.8 Å². The largest absolute Gasteiger partial charge is 0.381 e. The predicted molar refractivity (Wildman–Crippen MR) is 75.4 cm³/mol. The molecular formula is C15H23N3O2. The van der Waals surface area contributed by atoms with Gasteiger partial charge in [0.25, 0.3) is 0 Å². The molecule has 0 aliphatic carbocycles. The monoisotopic (exact) mass is 277 g/mol. The van der Waals surface area contributed by atoms with Gasteiger partial charge in [0.15, 0.2) is 0 Å². The van der Waals surface area contributed by atoms with Gasteiger partial charge in [0.2, 0.25) is 5.91 Å². The van der Waals surface area contributed by atoms with E-state index < -0.39 is 0 Å². The first-order valence-corrected chi connectivity index (χ1v) is 7.62. The van der Waals surface area contributed by atoms with Crippen molar-refractivity contribution >= 4 is 5.91 Å². The number of hydrogen-bond donors (Lipinski definition) is 1. The van der Waals surface area contributed by atoms with E-state index in [0.29, 0.717) is 11.8 Å². The van der Waals surface area contributed by atoms with Gasteiger partial charge in [-0.3, -0.25) is 9.89 Å². The van der Waals surface area contributed by atoms with Crippen LogP contribution in [0.3, 0.4) is 0 Å². The number of aromatic amines is 1. The Hall–Kier alpha value is -1.36. The molecule has 2 aliphatic heterocycles. The molecule has 5 heteroatoms. The first kappa shape index (κ1) is 13.6. The second-order valence-electron chi connectivity index (χ2n) is 5.98. The highest BCUT2D eigenvalue weighted by atomic mass is 16.5. The van der Waals surface area contributed by atoms with E-state index in [1.165, 1.54) is 11.3 Å². The van der Waals surface area contributed by atoms with Crippen LogP contribution >= 0.6 is 0 Å². The van der Waals surface area contributed by atoms with Gasteiger partial charge in [-0.2, -0.15) is 5.10 Å². The molecule has 1 aromatic heterocycles. The molecule has 0 radical (unpaired) electrons. The molecule has 20 heavy (non-hydrogen) atoms. The summed E-state index contributed by atoms with van der Waals surface area (Å²) in [6.45, 7) is 5.28. The zero-order valence-electron chi connectivity index (χ0n) is 12.1. The van der Waals surface area contributed by atoms with Crippen molar-refractivity contribution in [1.29, 1.82) is 0 Å². The van der Waals surface area contributed by atoms with Crippen LogP contribution in [0.25, 0.3) is 0 Å². The van der Waals surface area contributed by atoms with E-state index in [-0.39, 0.29) is 5.92 Å². The van der Waals surface area contributed by atoms with Gasteiger partial charge in [0.1, 0.15) is 0 Å². The number of rotatable bonds is 2. The highest BCUT2D eigenvalue weighted by Crippen LogP contribution is 2.29. The molecule has 3 rings (SSSR count). The molecule has 0 aromatic carbocycles. The average molecular weight is 277 g/mol. The van der Waals surface area contributed by atoms with E-state index in [0.717, 1.165) is 52.0 Å². The van der Waals surface area contributed by atoms with Gasteiger partial charge in [-0.1, -0.05) is 0 Å². The maximum Gasteiger partial charge on any atom is 0.225 e. The molecule has 1 N–H and O–H groups in total. The highest BCUT2D eigenvalue weighted by Gasteiger charge is 2.31. The summed E-state index contributed by atoms with van der Waals surface area (Å²) in [5, 5.41) is 7.22. The number of hydrogen-bond acceptors (Lipinski definition) is 3. The minimum absolute atomic E-state index is 0.172. The number of amides is 1. The van der Waals surface area contributed by atoms with E-state index in [1.54, 1.807) is 0 Å². The zero-order valence-corrected chi connectivity index (χ0v) is 12.1. The van der Waals surface area contributed by atoms with Gasteiger partial charge in [0.05, 0.1) is 6.20 Å². The standard InChI is InChI=1S/C15H23N3O2/c1-11-9-16-17-14(11)13-3-2-6-18(10-13)15(19)12-4-7-20-8-5-12/h9,12-13H,2-8,10H2,1H3,(H,16,17). The number of piperidine rings is 1. The SMILES string of the molecule is Cc1cn[nH]c1C1CCCN(C(=O)C2CCOCC2)C1. The van der Waals surface area contributed by atoms with Gasteiger partial charge < -0.3 is 9.64 Å². The van der Waals surface area contributed by atoms with Crippen LogP contribution in [0.15, 0.2) is 6.20 Å². The summed E-state index contributed by atoms with van der Waals surface area (Å²) in [7, 11) is 0. The highest BCUT2D eigenvalue weighted by molar-refractivity contribution is 5.79. The lowest BCUT2D eigenvalue weighted by Gasteiger charge is -2.35. The van der Waals surface area contributed by atoms with Crippen molar-refractivity contribution in [3.05, 3.63) is 17.5 Å². The first-order valence-electron chi connectivity index (χ1n) is 7.62. The van der Waals surface area contributed by atoms with Crippen LogP contribution in [-0.4, -0.2) is 47.3 Å². The molecule has 1 aromatic rings. The molecular weight excluding hydrogens is 254 g/mol. The van der Waals surface area contributed by atoms with E-state index in [4.69, 9.17) is 4.74 Å². The second kappa shape index (κ2) is 5.95. The number of nitrogens with one attached hydrogen (secondary N) is 1. The van der Waals surface area contributed by atoms with Crippen molar-refractivity contribution in [2.24, 2.45) is 5.92 Å². The number of likely N-dealkylation sites (tertiary alicyclic amines) is 1. The Morgan fingerprint density at radius 3 is 2.90 bits per heavy atom. The molecule has 3 heterocycles. The van der Waals surface area contributed by atoms with Crippen LogP contribution in [-0.2, 0) is 9.53 Å². The molecule has 0 saturated carbocycles. The molecule has 1 amide bonds. The number of nitrogens with zero attached hydrogens (tertiary/aromatic N) is 2. The molecule has 2 aliphatic rings. The van der Waals surface area contributed by atoms with Gasteiger partial charge in [-0.15, -0.1) is 0 Å². The molecule has 1 unspecified atom stereocenters. The number of H-pyrrole nitrogens is 1. The van der Waals surface area contributed by atoms with E-state index >= 15 is 0 Å². The number of ether oxygens (including phenoxy) is 1. The smallest absolute Gasteiger partial charge is 0.225 e. The summed E-state index contributed by atoms with van der Waals surface area (Å²) in [5.74, 6) is 0.913. The molecule has 110 valence electrons. The Balaban J connectivity index is 1.65. The summed E-state index contributed by atoms with van der Waals surface area (Å²) in [6.07, 6.45) is 5.85. The Kier molecular flexibility index (Phi) is 4.05. The van der Waals surface area contributed by atoms with Crippen molar-refractivity contribution < 1.29 is 9.53 Å². The maximum absolute atomic E-state index is 12.6. The molecule has 2 fully saturated rings. The molecule has 2 saturated heterocycles. The third-order valence-electron chi connectivity index (χ3n) is 4.58. The van der Waals surface area contributed by atoms with Crippen LogP contribution in [0.4, 0.5) is 0 Å². The van der Waals surface area contributed by atoms with Crippen molar-refractivity contribution in [2.45, 2.75) is 38.5 Å². The third kappa shape index (κ3) is 2.73. The van der Waals surface area contributed by atoms with Crippen LogP contribution in [0.5, 0.6) is 0 Å². The zero-order chi connectivity index (χ0) is 13.9. The van der Waals surface area contributed by atoms with E-state index in [1.807, 2.05) is 6.20 Å². The summed E-state index contributed by atoms with van der Waals surface area (Å²) >= 11 is 0. The predicted octanol–water partition coefficient (Wildman–Crippen LogP) is 1.85.